The number of thiophene rings is 1. The van der Waals surface area contributed by atoms with E-state index in [0.717, 1.165) is 17.7 Å². The van der Waals surface area contributed by atoms with E-state index >= 15 is 0 Å². The van der Waals surface area contributed by atoms with E-state index < -0.39 is 5.97 Å². The Labute approximate surface area is 105 Å². The van der Waals surface area contributed by atoms with Crippen LogP contribution in [0.2, 0.25) is 0 Å². The molecule has 1 aliphatic carbocycles. The second kappa shape index (κ2) is 5.54. The van der Waals surface area contributed by atoms with Gasteiger partial charge >= 0.3 is 5.97 Å². The van der Waals surface area contributed by atoms with Crippen LogP contribution in [0.15, 0.2) is 6.07 Å². The van der Waals surface area contributed by atoms with Crippen LogP contribution in [-0.4, -0.2) is 17.2 Å². The van der Waals surface area contributed by atoms with Crippen LogP contribution in [0.4, 0.5) is 0 Å². The number of aromatic carboxylic acids is 1. The zero-order chi connectivity index (χ0) is 12.3. The lowest BCUT2D eigenvalue weighted by molar-refractivity contribution is 0.0694. The first-order valence-corrected chi connectivity index (χ1v) is 6.99. The average Bonchev–Trinajstić information content (AvgIpc) is 2.50. The number of carbonyl (C=O) groups is 1. The Kier molecular flexibility index (Phi) is 4.05. The zero-order valence-electron chi connectivity index (χ0n) is 10.1. The monoisotopic (exact) mass is 254 g/mol. The lowest BCUT2D eigenvalue weighted by Crippen LogP contribution is -2.16. The molecule has 4 heteroatoms. The molecule has 17 heavy (non-hydrogen) atoms. The maximum Gasteiger partial charge on any atom is 0.349 e. The van der Waals surface area contributed by atoms with Crippen molar-refractivity contribution in [3.8, 4) is 5.75 Å². The van der Waals surface area contributed by atoms with Crippen molar-refractivity contribution in [3.63, 3.8) is 0 Å². The normalized spacial score (nSPS) is 17.7. The summed E-state index contributed by atoms with van der Waals surface area (Å²) >= 11 is 1.29. The molecule has 0 amide bonds. The number of carboxylic acids is 1. The summed E-state index contributed by atoms with van der Waals surface area (Å²) in [5.74, 6) is -0.321. The first-order chi connectivity index (χ1) is 8.16. The summed E-state index contributed by atoms with van der Waals surface area (Å²) in [5, 5.41) is 9.09. The molecule has 3 nitrogen and oxygen atoms in total. The topological polar surface area (TPSA) is 46.5 Å². The quantitative estimate of drug-likeness (QED) is 0.833. The Bertz CT molecular complexity index is 389. The molecule has 1 fully saturated rings. The minimum absolute atomic E-state index is 0.199. The summed E-state index contributed by atoms with van der Waals surface area (Å²) in [5.41, 5.74) is 0. The summed E-state index contributed by atoms with van der Waals surface area (Å²) < 4.78 is 5.88. The van der Waals surface area contributed by atoms with E-state index in [2.05, 4.69) is 0 Å². The highest BCUT2D eigenvalue weighted by Gasteiger charge is 2.20. The molecule has 0 unspecified atom stereocenters. The molecule has 2 rings (SSSR count). The Morgan fingerprint density at radius 1 is 1.35 bits per heavy atom. The summed E-state index contributed by atoms with van der Waals surface area (Å²) in [7, 11) is 0. The van der Waals surface area contributed by atoms with Gasteiger partial charge in [0.25, 0.3) is 0 Å². The third kappa shape index (κ3) is 3.22. The van der Waals surface area contributed by atoms with Crippen LogP contribution in [0, 0.1) is 6.92 Å². The Balaban J connectivity index is 2.08. The van der Waals surface area contributed by atoms with Crippen LogP contribution < -0.4 is 4.74 Å². The lowest BCUT2D eigenvalue weighted by Gasteiger charge is -2.16. The minimum atomic E-state index is -0.883. The van der Waals surface area contributed by atoms with Crippen molar-refractivity contribution < 1.29 is 14.6 Å². The molecule has 0 spiro atoms. The van der Waals surface area contributed by atoms with Crippen molar-refractivity contribution in [1.29, 1.82) is 0 Å². The van der Waals surface area contributed by atoms with Gasteiger partial charge in [0, 0.05) is 4.88 Å². The van der Waals surface area contributed by atoms with Crippen molar-refractivity contribution in [2.75, 3.05) is 0 Å². The van der Waals surface area contributed by atoms with Gasteiger partial charge in [-0.1, -0.05) is 12.8 Å². The molecule has 0 saturated heterocycles. The van der Waals surface area contributed by atoms with Crippen LogP contribution in [0.1, 0.15) is 53.1 Å². The summed E-state index contributed by atoms with van der Waals surface area (Å²) in [6.45, 7) is 1.91. The number of ether oxygens (including phenoxy) is 1. The third-order valence-electron chi connectivity index (χ3n) is 3.11. The summed E-state index contributed by atoms with van der Waals surface area (Å²) in [6.07, 6.45) is 7.22. The van der Waals surface area contributed by atoms with Gasteiger partial charge in [0.15, 0.2) is 4.88 Å². The first kappa shape index (κ1) is 12.4. The highest BCUT2D eigenvalue weighted by molar-refractivity contribution is 7.14. The van der Waals surface area contributed by atoms with E-state index in [1.807, 2.05) is 13.0 Å². The number of hydrogen-bond donors (Lipinski definition) is 1. The van der Waals surface area contributed by atoms with Gasteiger partial charge in [-0.05, 0) is 38.7 Å². The Morgan fingerprint density at radius 2 is 2.00 bits per heavy atom. The molecular weight excluding hydrogens is 236 g/mol. The van der Waals surface area contributed by atoms with Gasteiger partial charge in [-0.3, -0.25) is 0 Å². The van der Waals surface area contributed by atoms with Gasteiger partial charge in [-0.15, -0.1) is 11.3 Å². The summed E-state index contributed by atoms with van der Waals surface area (Å²) in [4.78, 5) is 12.4. The molecule has 0 bridgehead atoms. The van der Waals surface area contributed by atoms with Gasteiger partial charge in [0.05, 0.1) is 6.10 Å². The second-order valence-corrected chi connectivity index (χ2v) is 5.84. The van der Waals surface area contributed by atoms with Gasteiger partial charge in [0.2, 0.25) is 0 Å². The largest absolute Gasteiger partial charge is 0.489 e. The molecule has 0 atom stereocenters. The van der Waals surface area contributed by atoms with Crippen LogP contribution in [0.3, 0.4) is 0 Å². The lowest BCUT2D eigenvalue weighted by atomic mass is 10.1. The van der Waals surface area contributed by atoms with Gasteiger partial charge in [-0.2, -0.15) is 0 Å². The highest BCUT2D eigenvalue weighted by Crippen LogP contribution is 2.31. The minimum Gasteiger partial charge on any atom is -0.489 e. The van der Waals surface area contributed by atoms with Gasteiger partial charge in [0.1, 0.15) is 5.75 Å². The van der Waals surface area contributed by atoms with Crippen molar-refractivity contribution in [3.05, 3.63) is 15.8 Å². The second-order valence-electron chi connectivity index (χ2n) is 4.59. The molecule has 0 aromatic carbocycles. The van der Waals surface area contributed by atoms with E-state index in [1.54, 1.807) is 0 Å². The number of aryl methyl sites for hydroxylation is 1. The van der Waals surface area contributed by atoms with Crippen molar-refractivity contribution >= 4 is 17.3 Å². The molecule has 0 aliphatic heterocycles. The Hall–Kier alpha value is -1.03. The standard InChI is InChI=1S/C13H18O3S/c1-9-8-11(12(17-9)13(14)15)16-10-6-4-2-3-5-7-10/h8,10H,2-7H2,1H3,(H,14,15). The molecule has 94 valence electrons. The SMILES string of the molecule is Cc1cc(OC2CCCCCC2)c(C(=O)O)s1. The highest BCUT2D eigenvalue weighted by atomic mass is 32.1. The molecule has 1 aromatic heterocycles. The van der Waals surface area contributed by atoms with Crippen molar-refractivity contribution in [1.82, 2.24) is 0 Å². The van der Waals surface area contributed by atoms with E-state index in [-0.39, 0.29) is 6.10 Å². The van der Waals surface area contributed by atoms with Gasteiger partial charge < -0.3 is 9.84 Å². The molecule has 1 N–H and O–H groups in total. The fourth-order valence-corrected chi connectivity index (χ4v) is 3.05. The predicted octanol–water partition coefficient (Wildman–Crippen LogP) is 3.86. The maximum atomic E-state index is 11.1. The number of hydrogen-bond acceptors (Lipinski definition) is 3. The molecular formula is C13H18O3S. The average molecular weight is 254 g/mol. The molecule has 1 aromatic rings. The van der Waals surface area contributed by atoms with E-state index in [9.17, 15) is 4.79 Å². The van der Waals surface area contributed by atoms with Crippen LogP contribution in [-0.2, 0) is 0 Å². The molecule has 1 heterocycles. The number of carboxylic acid groups (broad SMARTS) is 1. The molecule has 0 radical (unpaired) electrons. The fraction of sp³-hybridized carbons (Fsp3) is 0.615. The van der Waals surface area contributed by atoms with Crippen molar-refractivity contribution in [2.24, 2.45) is 0 Å². The number of rotatable bonds is 3. The zero-order valence-corrected chi connectivity index (χ0v) is 10.9. The third-order valence-corrected chi connectivity index (χ3v) is 4.13. The van der Waals surface area contributed by atoms with Crippen molar-refractivity contribution in [2.45, 2.75) is 51.6 Å². The smallest absolute Gasteiger partial charge is 0.349 e. The first-order valence-electron chi connectivity index (χ1n) is 6.17. The maximum absolute atomic E-state index is 11.1. The fourth-order valence-electron chi connectivity index (χ4n) is 2.27. The molecule has 1 aliphatic rings. The predicted molar refractivity (Wildman–Crippen MR) is 68.1 cm³/mol. The van der Waals surface area contributed by atoms with Gasteiger partial charge in [-0.25, -0.2) is 4.79 Å². The Morgan fingerprint density at radius 3 is 2.59 bits per heavy atom. The van der Waals surface area contributed by atoms with E-state index in [0.29, 0.717) is 10.6 Å². The molecule has 1 saturated carbocycles. The van der Waals surface area contributed by atoms with E-state index in [4.69, 9.17) is 9.84 Å². The summed E-state index contributed by atoms with van der Waals surface area (Å²) in [6, 6.07) is 1.85. The van der Waals surface area contributed by atoms with Crippen LogP contribution in [0.5, 0.6) is 5.75 Å². The van der Waals surface area contributed by atoms with Crippen LogP contribution >= 0.6 is 11.3 Å². The van der Waals surface area contributed by atoms with E-state index in [1.165, 1.54) is 37.0 Å². The van der Waals surface area contributed by atoms with Crippen LogP contribution in [0.25, 0.3) is 0 Å².